The number of carbonyl (C=O) groups is 2. The lowest BCUT2D eigenvalue weighted by Gasteiger charge is -2.16. The van der Waals surface area contributed by atoms with Crippen molar-refractivity contribution in [1.82, 2.24) is 10.2 Å². The number of hydrogen-bond acceptors (Lipinski definition) is 2. The summed E-state index contributed by atoms with van der Waals surface area (Å²) in [6.07, 6.45) is 0.661. The van der Waals surface area contributed by atoms with Crippen LogP contribution in [-0.4, -0.2) is 28.9 Å². The summed E-state index contributed by atoms with van der Waals surface area (Å²) in [7, 11) is 0. The fourth-order valence-electron chi connectivity index (χ4n) is 1.31. The van der Waals surface area contributed by atoms with Crippen LogP contribution in [0.3, 0.4) is 0 Å². The van der Waals surface area contributed by atoms with Crippen molar-refractivity contribution in [1.29, 1.82) is 0 Å². The van der Waals surface area contributed by atoms with Gasteiger partial charge in [-0.2, -0.15) is 0 Å². The molecule has 4 heteroatoms. The van der Waals surface area contributed by atoms with Crippen LogP contribution in [0.5, 0.6) is 0 Å². The molecule has 0 saturated carbocycles. The monoisotopic (exact) mass is 170 g/mol. The average Bonchev–Trinajstić information content (AvgIpc) is 2.25. The van der Waals surface area contributed by atoms with Gasteiger partial charge in [0.05, 0.1) is 0 Å². The van der Waals surface area contributed by atoms with Gasteiger partial charge in [-0.25, -0.2) is 4.79 Å². The van der Waals surface area contributed by atoms with Gasteiger partial charge in [0.25, 0.3) is 5.91 Å². The minimum Gasteiger partial charge on any atom is -0.326 e. The second kappa shape index (κ2) is 3.13. The topological polar surface area (TPSA) is 49.4 Å². The van der Waals surface area contributed by atoms with Gasteiger partial charge in [0.1, 0.15) is 6.04 Å². The van der Waals surface area contributed by atoms with Gasteiger partial charge in [-0.1, -0.05) is 6.92 Å². The number of urea groups is 1. The van der Waals surface area contributed by atoms with E-state index in [1.807, 2.05) is 20.8 Å². The van der Waals surface area contributed by atoms with Gasteiger partial charge < -0.3 is 5.32 Å². The lowest BCUT2D eigenvalue weighted by molar-refractivity contribution is -0.128. The van der Waals surface area contributed by atoms with Crippen LogP contribution in [0.15, 0.2) is 0 Å². The third-order valence-corrected chi connectivity index (χ3v) is 1.98. The molecule has 1 aliphatic heterocycles. The Labute approximate surface area is 71.9 Å². The summed E-state index contributed by atoms with van der Waals surface area (Å²) < 4.78 is 0. The molecular formula is C8H14N2O2. The van der Waals surface area contributed by atoms with Crippen molar-refractivity contribution in [3.8, 4) is 0 Å². The van der Waals surface area contributed by atoms with Crippen molar-refractivity contribution in [2.45, 2.75) is 39.3 Å². The van der Waals surface area contributed by atoms with E-state index in [-0.39, 0.29) is 24.0 Å². The largest absolute Gasteiger partial charge is 0.326 e. The Kier molecular flexibility index (Phi) is 2.35. The number of hydrogen-bond donors (Lipinski definition) is 1. The molecule has 0 spiro atoms. The predicted octanol–water partition coefficient (Wildman–Crippen LogP) is 0.725. The highest BCUT2D eigenvalue weighted by Crippen LogP contribution is 2.11. The van der Waals surface area contributed by atoms with Crippen LogP contribution in [0.25, 0.3) is 0 Å². The van der Waals surface area contributed by atoms with E-state index in [2.05, 4.69) is 5.32 Å². The molecule has 68 valence electrons. The molecule has 1 rings (SSSR count). The van der Waals surface area contributed by atoms with Crippen LogP contribution in [0.4, 0.5) is 4.79 Å². The number of nitrogens with one attached hydrogen (secondary N) is 1. The van der Waals surface area contributed by atoms with Crippen molar-refractivity contribution in [3.05, 3.63) is 0 Å². The zero-order chi connectivity index (χ0) is 9.30. The lowest BCUT2D eigenvalue weighted by atomic mass is 10.2. The van der Waals surface area contributed by atoms with Crippen LogP contribution >= 0.6 is 0 Å². The van der Waals surface area contributed by atoms with Gasteiger partial charge in [-0.05, 0) is 20.3 Å². The van der Waals surface area contributed by atoms with Crippen molar-refractivity contribution in [2.75, 3.05) is 0 Å². The maximum Gasteiger partial charge on any atom is 0.325 e. The summed E-state index contributed by atoms with van der Waals surface area (Å²) in [5.41, 5.74) is 0. The Morgan fingerprint density at radius 1 is 1.50 bits per heavy atom. The van der Waals surface area contributed by atoms with Gasteiger partial charge in [0, 0.05) is 6.04 Å². The van der Waals surface area contributed by atoms with Crippen molar-refractivity contribution in [3.63, 3.8) is 0 Å². The quantitative estimate of drug-likeness (QED) is 0.621. The number of rotatable bonds is 2. The zero-order valence-electron chi connectivity index (χ0n) is 7.63. The van der Waals surface area contributed by atoms with E-state index in [1.54, 1.807) is 0 Å². The molecule has 1 atom stereocenters. The maximum absolute atomic E-state index is 11.4. The summed E-state index contributed by atoms with van der Waals surface area (Å²) in [6, 6.07) is -0.615. The molecule has 1 fully saturated rings. The molecule has 1 aliphatic rings. The first kappa shape index (κ1) is 9.03. The first-order valence-electron chi connectivity index (χ1n) is 4.21. The molecule has 1 saturated heterocycles. The van der Waals surface area contributed by atoms with Gasteiger partial charge in [0.15, 0.2) is 0 Å². The van der Waals surface area contributed by atoms with E-state index >= 15 is 0 Å². The molecule has 1 N–H and O–H groups in total. The zero-order valence-corrected chi connectivity index (χ0v) is 7.63. The fraction of sp³-hybridized carbons (Fsp3) is 0.750. The van der Waals surface area contributed by atoms with Crippen LogP contribution < -0.4 is 5.32 Å². The summed E-state index contributed by atoms with van der Waals surface area (Å²) in [5, 5.41) is 2.62. The highest BCUT2D eigenvalue weighted by molar-refractivity contribution is 6.04. The van der Waals surface area contributed by atoms with Crippen LogP contribution in [-0.2, 0) is 4.79 Å². The molecule has 0 radical (unpaired) electrons. The molecule has 3 amide bonds. The highest BCUT2D eigenvalue weighted by atomic mass is 16.2. The minimum absolute atomic E-state index is 0.0472. The van der Waals surface area contributed by atoms with E-state index in [0.717, 1.165) is 0 Å². The molecule has 0 aliphatic carbocycles. The molecule has 1 heterocycles. The van der Waals surface area contributed by atoms with E-state index in [4.69, 9.17) is 0 Å². The number of imide groups is 1. The van der Waals surface area contributed by atoms with E-state index in [0.29, 0.717) is 6.42 Å². The Bertz CT molecular complexity index is 213. The van der Waals surface area contributed by atoms with Crippen LogP contribution in [0.1, 0.15) is 27.2 Å². The highest BCUT2D eigenvalue weighted by Gasteiger charge is 2.37. The summed E-state index contributed by atoms with van der Waals surface area (Å²) >= 11 is 0. The molecular weight excluding hydrogens is 156 g/mol. The van der Waals surface area contributed by atoms with Crippen LogP contribution in [0, 0.1) is 0 Å². The molecule has 0 aromatic rings. The second-order valence-corrected chi connectivity index (χ2v) is 3.21. The standard InChI is InChI=1S/C8H14N2O2/c1-4-6-7(11)10(5(2)3)8(12)9-6/h5-6H,4H2,1-3H3,(H,9,12)/t6-/m0/s1. The van der Waals surface area contributed by atoms with Crippen molar-refractivity contribution >= 4 is 11.9 Å². The summed E-state index contributed by atoms with van der Waals surface area (Å²) in [5.74, 6) is -0.0995. The first-order chi connectivity index (χ1) is 5.57. The minimum atomic E-state index is -0.306. The average molecular weight is 170 g/mol. The lowest BCUT2D eigenvalue weighted by Crippen LogP contribution is -2.37. The number of amides is 3. The molecule has 4 nitrogen and oxygen atoms in total. The predicted molar refractivity (Wildman–Crippen MR) is 44.6 cm³/mol. The maximum atomic E-state index is 11.4. The Balaban J connectivity index is 2.77. The summed E-state index contributed by atoms with van der Waals surface area (Å²) in [6.45, 7) is 5.54. The second-order valence-electron chi connectivity index (χ2n) is 3.21. The van der Waals surface area contributed by atoms with Gasteiger partial charge in [-0.3, -0.25) is 9.69 Å². The van der Waals surface area contributed by atoms with E-state index < -0.39 is 0 Å². The van der Waals surface area contributed by atoms with Gasteiger partial charge >= 0.3 is 6.03 Å². The molecule has 0 unspecified atom stereocenters. The van der Waals surface area contributed by atoms with Crippen molar-refractivity contribution in [2.24, 2.45) is 0 Å². The number of nitrogens with zero attached hydrogens (tertiary/aromatic N) is 1. The van der Waals surface area contributed by atoms with Gasteiger partial charge in [0.2, 0.25) is 0 Å². The molecule has 12 heavy (non-hydrogen) atoms. The number of carbonyl (C=O) groups excluding carboxylic acids is 2. The first-order valence-corrected chi connectivity index (χ1v) is 4.21. The van der Waals surface area contributed by atoms with Crippen LogP contribution in [0.2, 0.25) is 0 Å². The molecule has 0 bridgehead atoms. The fourth-order valence-corrected chi connectivity index (χ4v) is 1.31. The third-order valence-electron chi connectivity index (χ3n) is 1.98. The smallest absolute Gasteiger partial charge is 0.325 e. The van der Waals surface area contributed by atoms with Crippen molar-refractivity contribution < 1.29 is 9.59 Å². The Hall–Kier alpha value is -1.06. The van der Waals surface area contributed by atoms with E-state index in [1.165, 1.54) is 4.90 Å². The Morgan fingerprint density at radius 2 is 2.08 bits per heavy atom. The SMILES string of the molecule is CC[C@@H]1NC(=O)N(C(C)C)C1=O. The normalized spacial score (nSPS) is 23.7. The summed E-state index contributed by atoms with van der Waals surface area (Å²) in [4.78, 5) is 23.9. The molecule has 0 aromatic heterocycles. The molecule has 0 aromatic carbocycles. The Morgan fingerprint density at radius 3 is 2.33 bits per heavy atom. The third kappa shape index (κ3) is 1.29. The van der Waals surface area contributed by atoms with E-state index in [9.17, 15) is 9.59 Å². The van der Waals surface area contributed by atoms with Gasteiger partial charge in [-0.15, -0.1) is 0 Å².